The SMILES string of the molecule is CC1CCCC(NC(=O)C2N(Cc3ccc(Cl)cc3)C(=O)C3C(C(=O)Cc4cc(Cl)cc(Cl)c4)C4C=CC32O4)C1C. The maximum absolute atomic E-state index is 14.3. The summed E-state index contributed by atoms with van der Waals surface area (Å²) in [6.07, 6.45) is 6.25. The number of hydrogen-bond acceptors (Lipinski definition) is 4. The average molecular weight is 616 g/mol. The lowest BCUT2D eigenvalue weighted by Crippen LogP contribution is -2.57. The monoisotopic (exact) mass is 614 g/mol. The van der Waals surface area contributed by atoms with Gasteiger partial charge in [0.25, 0.3) is 0 Å². The second-order valence-corrected chi connectivity index (χ2v) is 13.4. The van der Waals surface area contributed by atoms with Crippen LogP contribution in [0.25, 0.3) is 0 Å². The molecule has 3 aliphatic heterocycles. The first-order chi connectivity index (χ1) is 19.6. The van der Waals surface area contributed by atoms with Crippen molar-refractivity contribution in [3.05, 3.63) is 80.8 Å². The van der Waals surface area contributed by atoms with Gasteiger partial charge in [0.15, 0.2) is 0 Å². The fourth-order valence-corrected chi connectivity index (χ4v) is 8.07. The summed E-state index contributed by atoms with van der Waals surface area (Å²) < 4.78 is 6.50. The molecule has 4 aliphatic rings. The van der Waals surface area contributed by atoms with Crippen molar-refractivity contribution in [2.45, 2.75) is 69.9 Å². The minimum absolute atomic E-state index is 0.0155. The fourth-order valence-electron chi connectivity index (χ4n) is 7.37. The minimum Gasteiger partial charge on any atom is -0.359 e. The van der Waals surface area contributed by atoms with E-state index in [1.54, 1.807) is 35.2 Å². The van der Waals surface area contributed by atoms with Crippen molar-refractivity contribution in [2.75, 3.05) is 0 Å². The van der Waals surface area contributed by atoms with E-state index in [2.05, 4.69) is 19.2 Å². The zero-order chi connectivity index (χ0) is 29.1. The molecule has 2 amide bonds. The van der Waals surface area contributed by atoms with Gasteiger partial charge in [-0.25, -0.2) is 0 Å². The highest BCUT2D eigenvalue weighted by molar-refractivity contribution is 6.34. The summed E-state index contributed by atoms with van der Waals surface area (Å²) in [5.74, 6) is -1.33. The number of rotatable bonds is 7. The van der Waals surface area contributed by atoms with Gasteiger partial charge in [-0.2, -0.15) is 0 Å². The smallest absolute Gasteiger partial charge is 0.246 e. The average Bonchev–Trinajstić information content (AvgIpc) is 3.55. The number of carbonyl (C=O) groups excluding carboxylic acids is 3. The van der Waals surface area contributed by atoms with Crippen LogP contribution in [0.2, 0.25) is 15.1 Å². The van der Waals surface area contributed by atoms with Crippen LogP contribution in [0.4, 0.5) is 0 Å². The van der Waals surface area contributed by atoms with E-state index in [0.717, 1.165) is 24.8 Å². The van der Waals surface area contributed by atoms with Gasteiger partial charge >= 0.3 is 0 Å². The molecule has 1 aliphatic carbocycles. The number of hydrogen-bond donors (Lipinski definition) is 1. The second-order valence-electron chi connectivity index (χ2n) is 12.1. The lowest BCUT2D eigenvalue weighted by atomic mass is 9.72. The van der Waals surface area contributed by atoms with Crippen molar-refractivity contribution in [3.63, 3.8) is 0 Å². The minimum atomic E-state index is -1.21. The van der Waals surface area contributed by atoms with Gasteiger partial charge < -0.3 is 15.0 Å². The molecular weight excluding hydrogens is 583 g/mol. The molecule has 0 radical (unpaired) electrons. The fraction of sp³-hybridized carbons (Fsp3) is 0.469. The number of halogens is 3. The Kier molecular flexibility index (Phi) is 7.73. The number of likely N-dealkylation sites (tertiary alicyclic amines) is 1. The quantitative estimate of drug-likeness (QED) is 0.385. The third kappa shape index (κ3) is 5.11. The number of nitrogens with zero attached hydrogens (tertiary/aromatic N) is 1. The Morgan fingerprint density at radius 3 is 2.41 bits per heavy atom. The summed E-state index contributed by atoms with van der Waals surface area (Å²) in [6.45, 7) is 4.60. The Bertz CT molecular complexity index is 1390. The number of Topliss-reactive ketones (excluding diaryl/α,β-unsaturated/α-hetero) is 1. The normalized spacial score (nSPS) is 33.7. The molecule has 3 heterocycles. The van der Waals surface area contributed by atoms with E-state index in [9.17, 15) is 14.4 Å². The van der Waals surface area contributed by atoms with E-state index < -0.39 is 29.6 Å². The highest BCUT2D eigenvalue weighted by atomic mass is 35.5. The number of amides is 2. The molecule has 2 aromatic rings. The predicted octanol–water partition coefficient (Wildman–Crippen LogP) is 6.05. The molecule has 8 atom stereocenters. The Labute approximate surface area is 255 Å². The van der Waals surface area contributed by atoms with Gasteiger partial charge in [-0.1, -0.05) is 85.8 Å². The number of benzene rings is 2. The number of carbonyl (C=O) groups is 3. The van der Waals surface area contributed by atoms with Crippen molar-refractivity contribution in [3.8, 4) is 0 Å². The van der Waals surface area contributed by atoms with E-state index in [0.29, 0.717) is 32.5 Å². The van der Waals surface area contributed by atoms with Crippen LogP contribution in [-0.2, 0) is 32.1 Å². The van der Waals surface area contributed by atoms with E-state index in [-0.39, 0.29) is 36.6 Å². The molecular formula is C32H33Cl3N2O4. The molecule has 3 fully saturated rings. The molecule has 2 saturated heterocycles. The van der Waals surface area contributed by atoms with Crippen LogP contribution >= 0.6 is 34.8 Å². The van der Waals surface area contributed by atoms with E-state index in [1.807, 2.05) is 24.3 Å². The van der Waals surface area contributed by atoms with Crippen LogP contribution < -0.4 is 5.32 Å². The summed E-state index contributed by atoms with van der Waals surface area (Å²) in [4.78, 5) is 43.8. The zero-order valence-electron chi connectivity index (χ0n) is 23.0. The molecule has 9 heteroatoms. The summed E-state index contributed by atoms with van der Waals surface area (Å²) >= 11 is 18.5. The molecule has 216 valence electrons. The van der Waals surface area contributed by atoms with Crippen molar-refractivity contribution >= 4 is 52.4 Å². The van der Waals surface area contributed by atoms with E-state index >= 15 is 0 Å². The van der Waals surface area contributed by atoms with Crippen LogP contribution in [0.1, 0.15) is 44.2 Å². The standard InChI is InChI=1S/C32H33Cl3N2O4/c1-17-4-3-5-24(18(17)2)36-30(39)29-32-11-10-26(41-32)27(25(38)14-20-12-22(34)15-23(35)13-20)28(32)31(40)37(29)16-19-6-8-21(33)9-7-19/h6-13,15,17-18,24,26-29H,3-5,14,16H2,1-2H3,(H,36,39). The maximum atomic E-state index is 14.3. The lowest BCUT2D eigenvalue weighted by Gasteiger charge is -2.38. The summed E-state index contributed by atoms with van der Waals surface area (Å²) in [5, 5.41) is 4.76. The molecule has 2 bridgehead atoms. The first-order valence-corrected chi connectivity index (χ1v) is 15.4. The number of fused-ring (bicyclic) bond motifs is 1. The highest BCUT2D eigenvalue weighted by Crippen LogP contribution is 2.55. The summed E-state index contributed by atoms with van der Waals surface area (Å²) in [7, 11) is 0. The molecule has 41 heavy (non-hydrogen) atoms. The largest absolute Gasteiger partial charge is 0.359 e. The van der Waals surface area contributed by atoms with Gasteiger partial charge in [-0.3, -0.25) is 14.4 Å². The second kappa shape index (κ2) is 11.0. The van der Waals surface area contributed by atoms with Crippen molar-refractivity contribution in [1.82, 2.24) is 10.2 Å². The molecule has 1 spiro atoms. The predicted molar refractivity (Wildman–Crippen MR) is 159 cm³/mol. The van der Waals surface area contributed by atoms with Crippen LogP contribution in [0.15, 0.2) is 54.6 Å². The topological polar surface area (TPSA) is 75.7 Å². The number of nitrogens with one attached hydrogen (secondary N) is 1. The van der Waals surface area contributed by atoms with E-state index in [1.165, 1.54) is 0 Å². The Morgan fingerprint density at radius 2 is 1.71 bits per heavy atom. The van der Waals surface area contributed by atoms with Crippen LogP contribution in [0.3, 0.4) is 0 Å². The third-order valence-electron chi connectivity index (χ3n) is 9.60. The molecule has 6 rings (SSSR count). The van der Waals surface area contributed by atoms with Crippen LogP contribution in [0.5, 0.6) is 0 Å². The van der Waals surface area contributed by atoms with Crippen molar-refractivity contribution < 1.29 is 19.1 Å². The third-order valence-corrected chi connectivity index (χ3v) is 10.3. The van der Waals surface area contributed by atoms with Gasteiger partial charge in [0.1, 0.15) is 17.4 Å². The molecule has 6 nitrogen and oxygen atoms in total. The van der Waals surface area contributed by atoms with Gasteiger partial charge in [-0.05, 0) is 59.7 Å². The number of ether oxygens (including phenoxy) is 1. The zero-order valence-corrected chi connectivity index (χ0v) is 25.3. The van der Waals surface area contributed by atoms with Crippen LogP contribution in [-0.4, -0.2) is 46.3 Å². The Morgan fingerprint density at radius 1 is 1.00 bits per heavy atom. The molecule has 8 unspecified atom stereocenters. The van der Waals surface area contributed by atoms with Gasteiger partial charge in [0.05, 0.1) is 17.9 Å². The van der Waals surface area contributed by atoms with E-state index in [4.69, 9.17) is 39.5 Å². The molecule has 0 aromatic heterocycles. The van der Waals surface area contributed by atoms with Crippen LogP contribution in [0, 0.1) is 23.7 Å². The maximum Gasteiger partial charge on any atom is 0.246 e. The molecule has 2 aromatic carbocycles. The van der Waals surface area contributed by atoms with Gasteiger partial charge in [0.2, 0.25) is 11.8 Å². The lowest BCUT2D eigenvalue weighted by molar-refractivity contribution is -0.142. The Balaban J connectivity index is 1.33. The number of ketones is 1. The molecule has 1 N–H and O–H groups in total. The Hall–Kier alpha value is -2.38. The first-order valence-electron chi connectivity index (χ1n) is 14.3. The van der Waals surface area contributed by atoms with Crippen molar-refractivity contribution in [2.24, 2.45) is 23.7 Å². The van der Waals surface area contributed by atoms with Gasteiger partial charge in [0, 0.05) is 34.1 Å². The summed E-state index contributed by atoms with van der Waals surface area (Å²) in [5.41, 5.74) is 0.298. The summed E-state index contributed by atoms with van der Waals surface area (Å²) in [6, 6.07) is 11.4. The van der Waals surface area contributed by atoms with Crippen molar-refractivity contribution in [1.29, 1.82) is 0 Å². The highest BCUT2D eigenvalue weighted by Gasteiger charge is 2.72. The molecule has 1 saturated carbocycles. The first kappa shape index (κ1) is 28.7. The van der Waals surface area contributed by atoms with Gasteiger partial charge in [-0.15, -0.1) is 0 Å².